The highest BCUT2D eigenvalue weighted by Crippen LogP contribution is 2.20. The van der Waals surface area contributed by atoms with Gasteiger partial charge in [0.15, 0.2) is 5.78 Å². The van der Waals surface area contributed by atoms with Crippen molar-refractivity contribution in [2.24, 2.45) is 0 Å². The molecule has 0 aliphatic carbocycles. The summed E-state index contributed by atoms with van der Waals surface area (Å²) in [6, 6.07) is 18.0. The molecule has 8 heteroatoms. The number of hydrogen-bond acceptors (Lipinski definition) is 6. The van der Waals surface area contributed by atoms with E-state index in [1.165, 1.54) is 10.7 Å². The molecule has 0 saturated carbocycles. The fraction of sp³-hybridized carbons (Fsp3) is 0.280. The molecule has 0 atom stereocenters. The molecule has 4 rings (SSSR count). The minimum atomic E-state index is -0.315. The standard InChI is InChI=1S/C25H26N4O4/c1-18(30)19-3-7-21(8-4-19)27-13-15-28(16-14-27)25(32)17-29-24(31)12-11-23(26-29)20-5-9-22(33-2)10-6-20/h3-12H,13-17H2,1-2H3. The first-order valence-corrected chi connectivity index (χ1v) is 10.8. The first kappa shape index (κ1) is 22.3. The maximum atomic E-state index is 12.9. The van der Waals surface area contributed by atoms with Crippen LogP contribution in [0, 0.1) is 0 Å². The minimum absolute atomic E-state index is 0.0388. The van der Waals surface area contributed by atoms with Crippen molar-refractivity contribution in [1.82, 2.24) is 14.7 Å². The number of ketones is 1. The van der Waals surface area contributed by atoms with Crippen molar-refractivity contribution < 1.29 is 14.3 Å². The summed E-state index contributed by atoms with van der Waals surface area (Å²) in [6.45, 7) is 3.92. The van der Waals surface area contributed by atoms with E-state index in [4.69, 9.17) is 4.74 Å². The molecule has 3 aromatic rings. The van der Waals surface area contributed by atoms with Gasteiger partial charge in [-0.05, 0) is 61.5 Å². The van der Waals surface area contributed by atoms with Crippen LogP contribution < -0.4 is 15.2 Å². The minimum Gasteiger partial charge on any atom is -0.497 e. The quantitative estimate of drug-likeness (QED) is 0.541. The Kier molecular flexibility index (Phi) is 6.53. The third-order valence-corrected chi connectivity index (χ3v) is 5.81. The van der Waals surface area contributed by atoms with Gasteiger partial charge in [0.2, 0.25) is 5.91 Å². The maximum Gasteiger partial charge on any atom is 0.267 e. The highest BCUT2D eigenvalue weighted by Gasteiger charge is 2.22. The second-order valence-electron chi connectivity index (χ2n) is 7.91. The lowest BCUT2D eigenvalue weighted by Gasteiger charge is -2.36. The number of rotatable bonds is 6. The molecule has 2 heterocycles. The number of carbonyl (C=O) groups is 2. The van der Waals surface area contributed by atoms with Crippen LogP contribution in [0.15, 0.2) is 65.5 Å². The molecule has 1 fully saturated rings. The fourth-order valence-corrected chi connectivity index (χ4v) is 3.83. The smallest absolute Gasteiger partial charge is 0.267 e. The number of benzene rings is 2. The third-order valence-electron chi connectivity index (χ3n) is 5.81. The summed E-state index contributed by atoms with van der Waals surface area (Å²) < 4.78 is 6.39. The normalized spacial score (nSPS) is 13.6. The average molecular weight is 447 g/mol. The van der Waals surface area contributed by atoms with E-state index in [1.807, 2.05) is 48.5 Å². The van der Waals surface area contributed by atoms with Crippen LogP contribution >= 0.6 is 0 Å². The molecular formula is C25H26N4O4. The zero-order valence-electron chi connectivity index (χ0n) is 18.7. The fourth-order valence-electron chi connectivity index (χ4n) is 3.83. The van der Waals surface area contributed by atoms with E-state index >= 15 is 0 Å². The molecular weight excluding hydrogens is 420 g/mol. The van der Waals surface area contributed by atoms with Crippen molar-refractivity contribution in [2.45, 2.75) is 13.5 Å². The molecule has 170 valence electrons. The summed E-state index contributed by atoms with van der Waals surface area (Å²) in [5.41, 5.74) is 2.84. The molecule has 1 saturated heterocycles. The second-order valence-corrected chi connectivity index (χ2v) is 7.91. The van der Waals surface area contributed by atoms with Crippen molar-refractivity contribution in [3.05, 3.63) is 76.6 Å². The summed E-state index contributed by atoms with van der Waals surface area (Å²) in [6.07, 6.45) is 0. The van der Waals surface area contributed by atoms with E-state index in [-0.39, 0.29) is 23.8 Å². The van der Waals surface area contributed by atoms with Crippen LogP contribution in [0.5, 0.6) is 5.75 Å². The highest BCUT2D eigenvalue weighted by molar-refractivity contribution is 5.94. The molecule has 0 spiro atoms. The van der Waals surface area contributed by atoms with Crippen LogP contribution in [0.4, 0.5) is 5.69 Å². The molecule has 1 aliphatic heterocycles. The van der Waals surface area contributed by atoms with Gasteiger partial charge in [0.25, 0.3) is 5.56 Å². The number of nitrogens with zero attached hydrogens (tertiary/aromatic N) is 4. The molecule has 8 nitrogen and oxygen atoms in total. The predicted octanol–water partition coefficient (Wildman–Crippen LogP) is 2.47. The van der Waals surface area contributed by atoms with Crippen LogP contribution in [0.3, 0.4) is 0 Å². The van der Waals surface area contributed by atoms with Gasteiger partial charge >= 0.3 is 0 Å². The van der Waals surface area contributed by atoms with Gasteiger partial charge in [-0.2, -0.15) is 5.10 Å². The van der Waals surface area contributed by atoms with E-state index in [1.54, 1.807) is 25.0 Å². The van der Waals surface area contributed by atoms with E-state index in [2.05, 4.69) is 10.00 Å². The molecule has 0 bridgehead atoms. The zero-order chi connectivity index (χ0) is 23.4. The van der Waals surface area contributed by atoms with Crippen molar-refractivity contribution >= 4 is 17.4 Å². The largest absolute Gasteiger partial charge is 0.497 e. The molecule has 33 heavy (non-hydrogen) atoms. The molecule has 0 unspecified atom stereocenters. The van der Waals surface area contributed by atoms with E-state index in [0.717, 1.165) is 17.0 Å². The van der Waals surface area contributed by atoms with E-state index < -0.39 is 0 Å². The van der Waals surface area contributed by atoms with Gasteiger partial charge in [-0.25, -0.2) is 4.68 Å². The summed E-state index contributed by atoms with van der Waals surface area (Å²) >= 11 is 0. The Morgan fingerprint density at radius 1 is 0.909 bits per heavy atom. The number of ether oxygens (including phenoxy) is 1. The van der Waals surface area contributed by atoms with Gasteiger partial charge in [0.1, 0.15) is 12.3 Å². The topological polar surface area (TPSA) is 84.7 Å². The Bertz CT molecular complexity index is 1190. The number of Topliss-reactive ketones (excluding diaryl/α,β-unsaturated/α-hetero) is 1. The van der Waals surface area contributed by atoms with Gasteiger partial charge in [0, 0.05) is 49.1 Å². The van der Waals surface area contributed by atoms with Crippen LogP contribution in [0.1, 0.15) is 17.3 Å². The van der Waals surface area contributed by atoms with Gasteiger partial charge in [-0.3, -0.25) is 14.4 Å². The Morgan fingerprint density at radius 3 is 2.18 bits per heavy atom. The monoisotopic (exact) mass is 446 g/mol. The molecule has 1 aliphatic rings. The number of anilines is 1. The van der Waals surface area contributed by atoms with Gasteiger partial charge in [-0.1, -0.05) is 0 Å². The number of hydrogen-bond donors (Lipinski definition) is 0. The number of amides is 1. The van der Waals surface area contributed by atoms with Crippen molar-refractivity contribution in [3.8, 4) is 17.0 Å². The predicted molar refractivity (Wildman–Crippen MR) is 126 cm³/mol. The highest BCUT2D eigenvalue weighted by atomic mass is 16.5. The van der Waals surface area contributed by atoms with E-state index in [9.17, 15) is 14.4 Å². The number of piperazine rings is 1. The lowest BCUT2D eigenvalue weighted by atomic mass is 10.1. The molecule has 0 N–H and O–H groups in total. The number of methoxy groups -OCH3 is 1. The van der Waals surface area contributed by atoms with Crippen LogP contribution in [0.25, 0.3) is 11.3 Å². The van der Waals surface area contributed by atoms with Crippen molar-refractivity contribution in [3.63, 3.8) is 0 Å². The Labute approximate surface area is 192 Å². The SMILES string of the molecule is COc1ccc(-c2ccc(=O)n(CC(=O)N3CCN(c4ccc(C(C)=O)cc4)CC3)n2)cc1. The first-order chi connectivity index (χ1) is 15.9. The van der Waals surface area contributed by atoms with Crippen LogP contribution in [-0.2, 0) is 11.3 Å². The lowest BCUT2D eigenvalue weighted by molar-refractivity contribution is -0.132. The van der Waals surface area contributed by atoms with E-state index in [0.29, 0.717) is 37.4 Å². The maximum absolute atomic E-state index is 12.9. The van der Waals surface area contributed by atoms with Gasteiger partial charge in [-0.15, -0.1) is 0 Å². The summed E-state index contributed by atoms with van der Waals surface area (Å²) in [5.74, 6) is 0.635. The summed E-state index contributed by atoms with van der Waals surface area (Å²) in [7, 11) is 1.60. The van der Waals surface area contributed by atoms with Crippen LogP contribution in [-0.4, -0.2) is 59.7 Å². The van der Waals surface area contributed by atoms with Crippen LogP contribution in [0.2, 0.25) is 0 Å². The molecule has 1 aromatic heterocycles. The Balaban J connectivity index is 1.39. The Morgan fingerprint density at radius 2 is 1.58 bits per heavy atom. The summed E-state index contributed by atoms with van der Waals surface area (Å²) in [5, 5.41) is 4.40. The Hall–Kier alpha value is -3.94. The van der Waals surface area contributed by atoms with Crippen molar-refractivity contribution in [1.29, 1.82) is 0 Å². The second kappa shape index (κ2) is 9.68. The van der Waals surface area contributed by atoms with Gasteiger partial charge in [0.05, 0.1) is 12.8 Å². The first-order valence-electron chi connectivity index (χ1n) is 10.8. The van der Waals surface area contributed by atoms with Crippen molar-refractivity contribution in [2.75, 3.05) is 38.2 Å². The summed E-state index contributed by atoms with van der Waals surface area (Å²) in [4.78, 5) is 40.6. The lowest BCUT2D eigenvalue weighted by Crippen LogP contribution is -2.50. The number of aromatic nitrogens is 2. The number of carbonyl (C=O) groups excluding carboxylic acids is 2. The average Bonchev–Trinajstić information content (AvgIpc) is 2.85. The molecule has 0 radical (unpaired) electrons. The van der Waals surface area contributed by atoms with Gasteiger partial charge < -0.3 is 14.5 Å². The molecule has 1 amide bonds. The molecule has 2 aromatic carbocycles. The zero-order valence-corrected chi connectivity index (χ0v) is 18.7. The third kappa shape index (κ3) is 5.11.